The van der Waals surface area contributed by atoms with Gasteiger partial charge in [-0.2, -0.15) is 0 Å². The Bertz CT molecular complexity index is 434. The minimum Gasteiger partial charge on any atom is -0.383 e. The van der Waals surface area contributed by atoms with E-state index in [9.17, 15) is 0 Å². The van der Waals surface area contributed by atoms with Crippen molar-refractivity contribution in [1.82, 2.24) is 9.80 Å². The minimum absolute atomic E-state index is 0.489. The van der Waals surface area contributed by atoms with Crippen LogP contribution in [-0.2, 0) is 6.42 Å². The van der Waals surface area contributed by atoms with Crippen molar-refractivity contribution in [2.24, 2.45) is 0 Å². The van der Waals surface area contributed by atoms with Gasteiger partial charge >= 0.3 is 0 Å². The third kappa shape index (κ3) is 5.33. The summed E-state index contributed by atoms with van der Waals surface area (Å²) in [4.78, 5) is 5.02. The molecule has 2 rings (SSSR count). The standard InChI is InChI=1S/C18H31N3/c1-15(2)19-18-14-16(3)7-8-17(18)6-5-9-21-12-10-20(4)11-13-21/h7-8,14-15,19H,5-6,9-13H2,1-4H3. The number of hydrogen-bond acceptors (Lipinski definition) is 3. The van der Waals surface area contributed by atoms with Crippen LogP contribution in [0.2, 0.25) is 0 Å². The summed E-state index contributed by atoms with van der Waals surface area (Å²) in [6.45, 7) is 12.7. The molecule has 1 saturated heterocycles. The Morgan fingerprint density at radius 2 is 1.86 bits per heavy atom. The number of nitrogens with zero attached hydrogens (tertiary/aromatic N) is 2. The summed E-state index contributed by atoms with van der Waals surface area (Å²) in [5, 5.41) is 3.59. The normalized spacial score (nSPS) is 17.4. The molecule has 1 aliphatic rings. The third-order valence-corrected chi connectivity index (χ3v) is 4.23. The van der Waals surface area contributed by atoms with E-state index in [2.05, 4.69) is 61.1 Å². The van der Waals surface area contributed by atoms with E-state index >= 15 is 0 Å². The highest BCUT2D eigenvalue weighted by atomic mass is 15.2. The van der Waals surface area contributed by atoms with Crippen molar-refractivity contribution in [3.63, 3.8) is 0 Å². The first-order valence-electron chi connectivity index (χ1n) is 8.31. The van der Waals surface area contributed by atoms with Crippen LogP contribution in [0.25, 0.3) is 0 Å². The lowest BCUT2D eigenvalue weighted by Crippen LogP contribution is -2.44. The van der Waals surface area contributed by atoms with Gasteiger partial charge in [-0.1, -0.05) is 12.1 Å². The molecule has 0 atom stereocenters. The number of anilines is 1. The van der Waals surface area contributed by atoms with E-state index in [1.54, 1.807) is 0 Å². The second-order valence-corrected chi connectivity index (χ2v) is 6.71. The lowest BCUT2D eigenvalue weighted by atomic mass is 10.0. The molecule has 3 nitrogen and oxygen atoms in total. The highest BCUT2D eigenvalue weighted by Gasteiger charge is 2.13. The fourth-order valence-electron chi connectivity index (χ4n) is 2.92. The molecule has 0 aliphatic carbocycles. The highest BCUT2D eigenvalue weighted by molar-refractivity contribution is 5.53. The summed E-state index contributed by atoms with van der Waals surface area (Å²) >= 11 is 0. The topological polar surface area (TPSA) is 18.5 Å². The zero-order chi connectivity index (χ0) is 15.2. The fourth-order valence-corrected chi connectivity index (χ4v) is 2.92. The van der Waals surface area contributed by atoms with Gasteiger partial charge in [0, 0.05) is 37.9 Å². The molecule has 1 fully saturated rings. The van der Waals surface area contributed by atoms with Crippen LogP contribution in [0, 0.1) is 6.92 Å². The predicted molar refractivity (Wildman–Crippen MR) is 92.2 cm³/mol. The Morgan fingerprint density at radius 1 is 1.14 bits per heavy atom. The van der Waals surface area contributed by atoms with E-state index in [1.807, 2.05) is 0 Å². The molecule has 1 heterocycles. The van der Waals surface area contributed by atoms with Gasteiger partial charge in [-0.3, -0.25) is 0 Å². The summed E-state index contributed by atoms with van der Waals surface area (Å²) in [7, 11) is 2.22. The van der Waals surface area contributed by atoms with Gasteiger partial charge in [-0.15, -0.1) is 0 Å². The van der Waals surface area contributed by atoms with Gasteiger partial charge in [0.25, 0.3) is 0 Å². The number of hydrogen-bond donors (Lipinski definition) is 1. The summed E-state index contributed by atoms with van der Waals surface area (Å²) < 4.78 is 0. The van der Waals surface area contributed by atoms with Gasteiger partial charge in [0.15, 0.2) is 0 Å². The van der Waals surface area contributed by atoms with Crippen molar-refractivity contribution in [2.75, 3.05) is 45.1 Å². The zero-order valence-corrected chi connectivity index (χ0v) is 14.2. The maximum Gasteiger partial charge on any atom is 0.0377 e. The lowest BCUT2D eigenvalue weighted by Gasteiger charge is -2.32. The van der Waals surface area contributed by atoms with E-state index in [1.165, 1.54) is 62.4 Å². The van der Waals surface area contributed by atoms with Crippen LogP contribution in [0.1, 0.15) is 31.4 Å². The second-order valence-electron chi connectivity index (χ2n) is 6.71. The molecule has 1 aromatic carbocycles. The maximum atomic E-state index is 3.59. The molecule has 21 heavy (non-hydrogen) atoms. The monoisotopic (exact) mass is 289 g/mol. The first-order valence-corrected chi connectivity index (χ1v) is 8.31. The van der Waals surface area contributed by atoms with Gasteiger partial charge in [-0.25, -0.2) is 0 Å². The fraction of sp³-hybridized carbons (Fsp3) is 0.667. The van der Waals surface area contributed by atoms with Crippen LogP contribution in [-0.4, -0.2) is 55.6 Å². The number of likely N-dealkylation sites (N-methyl/N-ethyl adjacent to an activating group) is 1. The Hall–Kier alpha value is -1.06. The maximum absolute atomic E-state index is 3.59. The molecule has 3 heteroatoms. The summed E-state index contributed by atoms with van der Waals surface area (Å²) in [6, 6.07) is 7.30. The average molecular weight is 289 g/mol. The van der Waals surface area contributed by atoms with Crippen molar-refractivity contribution < 1.29 is 0 Å². The van der Waals surface area contributed by atoms with Crippen molar-refractivity contribution >= 4 is 5.69 Å². The molecule has 0 saturated carbocycles. The first kappa shape index (κ1) is 16.3. The van der Waals surface area contributed by atoms with E-state index in [0.717, 1.165) is 0 Å². The highest BCUT2D eigenvalue weighted by Crippen LogP contribution is 2.20. The average Bonchev–Trinajstić information content (AvgIpc) is 2.43. The van der Waals surface area contributed by atoms with Crippen molar-refractivity contribution in [2.45, 2.75) is 39.7 Å². The number of aryl methyl sites for hydroxylation is 2. The van der Waals surface area contributed by atoms with Gasteiger partial charge < -0.3 is 15.1 Å². The summed E-state index contributed by atoms with van der Waals surface area (Å²) in [6.07, 6.45) is 2.42. The van der Waals surface area contributed by atoms with Crippen molar-refractivity contribution in [1.29, 1.82) is 0 Å². The van der Waals surface area contributed by atoms with E-state index in [0.29, 0.717) is 6.04 Å². The van der Waals surface area contributed by atoms with Crippen LogP contribution in [0.4, 0.5) is 5.69 Å². The van der Waals surface area contributed by atoms with Crippen molar-refractivity contribution in [3.8, 4) is 0 Å². The number of nitrogens with one attached hydrogen (secondary N) is 1. The van der Waals surface area contributed by atoms with E-state index < -0.39 is 0 Å². The first-order chi connectivity index (χ1) is 10.0. The van der Waals surface area contributed by atoms with Gasteiger partial charge in [0.2, 0.25) is 0 Å². The molecular weight excluding hydrogens is 258 g/mol. The molecule has 1 aliphatic heterocycles. The van der Waals surface area contributed by atoms with E-state index in [4.69, 9.17) is 0 Å². The van der Waals surface area contributed by atoms with Crippen LogP contribution < -0.4 is 5.32 Å². The third-order valence-electron chi connectivity index (χ3n) is 4.23. The Kier molecular flexibility index (Phi) is 6.07. The largest absolute Gasteiger partial charge is 0.383 e. The molecule has 0 spiro atoms. The van der Waals surface area contributed by atoms with Crippen LogP contribution >= 0.6 is 0 Å². The molecular formula is C18H31N3. The molecule has 1 N–H and O–H groups in total. The van der Waals surface area contributed by atoms with Crippen molar-refractivity contribution in [3.05, 3.63) is 29.3 Å². The van der Waals surface area contributed by atoms with Gasteiger partial charge in [-0.05, 0) is 64.4 Å². The molecule has 0 amide bonds. The Balaban J connectivity index is 1.85. The zero-order valence-electron chi connectivity index (χ0n) is 14.2. The lowest BCUT2D eigenvalue weighted by molar-refractivity contribution is 0.153. The van der Waals surface area contributed by atoms with Gasteiger partial charge in [0.05, 0.1) is 0 Å². The van der Waals surface area contributed by atoms with Crippen LogP contribution in [0.15, 0.2) is 18.2 Å². The second kappa shape index (κ2) is 7.81. The smallest absolute Gasteiger partial charge is 0.0377 e. The Labute approximate surface area is 130 Å². The molecule has 0 radical (unpaired) electrons. The predicted octanol–water partition coefficient (Wildman–Crippen LogP) is 3.00. The number of benzene rings is 1. The van der Waals surface area contributed by atoms with Crippen LogP contribution in [0.3, 0.4) is 0 Å². The summed E-state index contributed by atoms with van der Waals surface area (Å²) in [5.41, 5.74) is 4.12. The van der Waals surface area contributed by atoms with Gasteiger partial charge in [0.1, 0.15) is 0 Å². The van der Waals surface area contributed by atoms with E-state index in [-0.39, 0.29) is 0 Å². The SMILES string of the molecule is Cc1ccc(CCCN2CCN(C)CC2)c(NC(C)C)c1. The molecule has 0 unspecified atom stereocenters. The molecule has 0 bridgehead atoms. The molecule has 1 aromatic rings. The minimum atomic E-state index is 0.489. The Morgan fingerprint density at radius 3 is 2.52 bits per heavy atom. The summed E-state index contributed by atoms with van der Waals surface area (Å²) in [5.74, 6) is 0. The molecule has 0 aromatic heterocycles. The van der Waals surface area contributed by atoms with Crippen LogP contribution in [0.5, 0.6) is 0 Å². The molecule has 118 valence electrons. The number of piperazine rings is 1. The number of rotatable bonds is 6. The quantitative estimate of drug-likeness (QED) is 0.868.